The van der Waals surface area contributed by atoms with Gasteiger partial charge >= 0.3 is 0 Å². The van der Waals surface area contributed by atoms with E-state index < -0.39 is 5.41 Å². The number of carbonyl (C=O) groups excluding carboxylic acids is 1. The molecule has 0 spiro atoms. The van der Waals surface area contributed by atoms with Gasteiger partial charge in [0, 0.05) is 19.1 Å². The Morgan fingerprint density at radius 2 is 2.18 bits per heavy atom. The fourth-order valence-corrected chi connectivity index (χ4v) is 0.761. The average Bonchev–Trinajstić information content (AvgIpc) is 2.03. The number of nitrogens with two attached hydrogens (primary N) is 1. The van der Waals surface area contributed by atoms with E-state index >= 15 is 0 Å². The van der Waals surface area contributed by atoms with Crippen molar-refractivity contribution in [3.8, 4) is 0 Å². The maximum absolute atomic E-state index is 11.3. The number of hydrogen-bond acceptors (Lipinski definition) is 3. The van der Waals surface area contributed by atoms with Gasteiger partial charge in [0.05, 0.1) is 0 Å². The number of hydrogen-bond donors (Lipinski definition) is 1. The quantitative estimate of drug-likeness (QED) is 0.638. The lowest BCUT2D eigenvalue weighted by Crippen LogP contribution is -2.37. The molecule has 66 valence electrons. The van der Waals surface area contributed by atoms with Gasteiger partial charge in [-0.15, -0.1) is 0 Å². The standard InChI is InChI=1S/C8H17NO2/c1-4-8(2,6-9)7(10)5-11-3/h4-6,9H2,1-3H3. The summed E-state index contributed by atoms with van der Waals surface area (Å²) in [6, 6.07) is 0. The van der Waals surface area contributed by atoms with E-state index in [1.807, 2.05) is 13.8 Å². The van der Waals surface area contributed by atoms with Gasteiger partial charge in [0.15, 0.2) is 5.78 Å². The molecular weight excluding hydrogens is 142 g/mol. The van der Waals surface area contributed by atoms with Crippen LogP contribution in [0.1, 0.15) is 20.3 Å². The summed E-state index contributed by atoms with van der Waals surface area (Å²) in [6.45, 7) is 4.39. The Morgan fingerprint density at radius 3 is 2.45 bits per heavy atom. The SMILES string of the molecule is CCC(C)(CN)C(=O)COC. The van der Waals surface area contributed by atoms with Crippen LogP contribution >= 0.6 is 0 Å². The third-order valence-corrected chi connectivity index (χ3v) is 2.18. The van der Waals surface area contributed by atoms with Crippen LogP contribution in [0.15, 0.2) is 0 Å². The van der Waals surface area contributed by atoms with Crippen LogP contribution < -0.4 is 5.73 Å². The first-order valence-corrected chi connectivity index (χ1v) is 3.83. The highest BCUT2D eigenvalue weighted by Crippen LogP contribution is 2.20. The lowest BCUT2D eigenvalue weighted by Gasteiger charge is -2.23. The lowest BCUT2D eigenvalue weighted by molar-refractivity contribution is -0.131. The van der Waals surface area contributed by atoms with Gasteiger partial charge in [0.2, 0.25) is 0 Å². The highest BCUT2D eigenvalue weighted by Gasteiger charge is 2.28. The van der Waals surface area contributed by atoms with Crippen molar-refractivity contribution in [2.24, 2.45) is 11.1 Å². The van der Waals surface area contributed by atoms with Gasteiger partial charge in [-0.1, -0.05) is 13.8 Å². The minimum atomic E-state index is -0.393. The van der Waals surface area contributed by atoms with E-state index in [4.69, 9.17) is 10.5 Å². The molecule has 0 rings (SSSR count). The number of carbonyl (C=O) groups is 1. The van der Waals surface area contributed by atoms with E-state index in [2.05, 4.69) is 0 Å². The fraction of sp³-hybridized carbons (Fsp3) is 0.875. The molecule has 0 aliphatic rings. The zero-order valence-corrected chi connectivity index (χ0v) is 7.52. The van der Waals surface area contributed by atoms with Crippen molar-refractivity contribution >= 4 is 5.78 Å². The van der Waals surface area contributed by atoms with Crippen molar-refractivity contribution in [2.75, 3.05) is 20.3 Å². The van der Waals surface area contributed by atoms with Crippen LogP contribution in [0.3, 0.4) is 0 Å². The topological polar surface area (TPSA) is 52.3 Å². The van der Waals surface area contributed by atoms with E-state index in [1.54, 1.807) is 0 Å². The predicted octanol–water partition coefficient (Wildman–Crippen LogP) is 0.577. The Hall–Kier alpha value is -0.410. The van der Waals surface area contributed by atoms with Crippen molar-refractivity contribution in [3.05, 3.63) is 0 Å². The number of rotatable bonds is 5. The molecule has 0 aromatic heterocycles. The molecule has 0 aliphatic carbocycles. The van der Waals surface area contributed by atoms with E-state index in [-0.39, 0.29) is 12.4 Å². The first-order chi connectivity index (χ1) is 5.10. The van der Waals surface area contributed by atoms with Gasteiger partial charge in [-0.3, -0.25) is 4.79 Å². The number of ether oxygens (including phenoxy) is 1. The van der Waals surface area contributed by atoms with Crippen molar-refractivity contribution in [1.29, 1.82) is 0 Å². The molecule has 0 bridgehead atoms. The zero-order valence-electron chi connectivity index (χ0n) is 7.52. The van der Waals surface area contributed by atoms with E-state index in [1.165, 1.54) is 7.11 Å². The maximum Gasteiger partial charge on any atom is 0.165 e. The summed E-state index contributed by atoms with van der Waals surface area (Å²) in [4.78, 5) is 11.3. The monoisotopic (exact) mass is 159 g/mol. The molecule has 11 heavy (non-hydrogen) atoms. The normalized spacial score (nSPS) is 16.0. The zero-order chi connectivity index (χ0) is 8.91. The van der Waals surface area contributed by atoms with Crippen molar-refractivity contribution < 1.29 is 9.53 Å². The molecule has 1 unspecified atom stereocenters. The predicted molar refractivity (Wildman–Crippen MR) is 44.3 cm³/mol. The second-order valence-corrected chi connectivity index (χ2v) is 2.97. The average molecular weight is 159 g/mol. The van der Waals surface area contributed by atoms with Gasteiger partial charge in [0.1, 0.15) is 6.61 Å². The summed E-state index contributed by atoms with van der Waals surface area (Å²) in [5.41, 5.74) is 5.08. The summed E-state index contributed by atoms with van der Waals surface area (Å²) in [5.74, 6) is 0.0880. The Balaban J connectivity index is 4.12. The van der Waals surface area contributed by atoms with Crippen LogP contribution in [0.5, 0.6) is 0 Å². The van der Waals surface area contributed by atoms with E-state index in [0.717, 1.165) is 6.42 Å². The number of Topliss-reactive ketones (excluding diaryl/α,β-unsaturated/α-hetero) is 1. The molecule has 1 atom stereocenters. The largest absolute Gasteiger partial charge is 0.377 e. The first-order valence-electron chi connectivity index (χ1n) is 3.83. The van der Waals surface area contributed by atoms with Crippen LogP contribution in [-0.2, 0) is 9.53 Å². The van der Waals surface area contributed by atoms with Crippen molar-refractivity contribution in [2.45, 2.75) is 20.3 Å². The third kappa shape index (κ3) is 2.60. The summed E-state index contributed by atoms with van der Waals surface area (Å²) < 4.78 is 4.75. The van der Waals surface area contributed by atoms with Crippen LogP contribution in [-0.4, -0.2) is 26.0 Å². The third-order valence-electron chi connectivity index (χ3n) is 2.18. The van der Waals surface area contributed by atoms with Crippen LogP contribution in [0.2, 0.25) is 0 Å². The minimum Gasteiger partial charge on any atom is -0.377 e. The van der Waals surface area contributed by atoms with Gasteiger partial charge in [0.25, 0.3) is 0 Å². The molecule has 0 aliphatic heterocycles. The van der Waals surface area contributed by atoms with Crippen molar-refractivity contribution in [3.63, 3.8) is 0 Å². The molecule has 3 heteroatoms. The molecular formula is C8H17NO2. The van der Waals surface area contributed by atoms with Crippen LogP contribution in [0, 0.1) is 5.41 Å². The maximum atomic E-state index is 11.3. The van der Waals surface area contributed by atoms with Crippen molar-refractivity contribution in [1.82, 2.24) is 0 Å². The Morgan fingerprint density at radius 1 is 1.64 bits per heavy atom. The molecule has 0 aromatic carbocycles. The fourth-order valence-electron chi connectivity index (χ4n) is 0.761. The molecule has 0 aromatic rings. The lowest BCUT2D eigenvalue weighted by atomic mass is 9.83. The Kier molecular flexibility index (Phi) is 4.30. The van der Waals surface area contributed by atoms with Crippen LogP contribution in [0.25, 0.3) is 0 Å². The molecule has 2 N–H and O–H groups in total. The smallest absolute Gasteiger partial charge is 0.165 e. The van der Waals surface area contributed by atoms with E-state index in [0.29, 0.717) is 6.54 Å². The van der Waals surface area contributed by atoms with Gasteiger partial charge in [-0.2, -0.15) is 0 Å². The first kappa shape index (κ1) is 10.6. The molecule has 0 saturated carbocycles. The molecule has 0 fully saturated rings. The molecule has 0 radical (unpaired) electrons. The Bertz CT molecular complexity index is 130. The number of methoxy groups -OCH3 is 1. The van der Waals surface area contributed by atoms with Gasteiger partial charge in [-0.25, -0.2) is 0 Å². The number of ketones is 1. The highest BCUT2D eigenvalue weighted by atomic mass is 16.5. The van der Waals surface area contributed by atoms with E-state index in [9.17, 15) is 4.79 Å². The molecule has 0 amide bonds. The summed E-state index contributed by atoms with van der Waals surface area (Å²) in [7, 11) is 1.52. The molecule has 0 saturated heterocycles. The summed E-state index contributed by atoms with van der Waals surface area (Å²) >= 11 is 0. The summed E-state index contributed by atoms with van der Waals surface area (Å²) in [5, 5.41) is 0. The Labute approximate surface area is 67.9 Å². The molecule has 0 heterocycles. The van der Waals surface area contributed by atoms with Crippen LogP contribution in [0.4, 0.5) is 0 Å². The second kappa shape index (κ2) is 4.46. The second-order valence-electron chi connectivity index (χ2n) is 2.97. The summed E-state index contributed by atoms with van der Waals surface area (Å²) in [6.07, 6.45) is 0.770. The van der Waals surface area contributed by atoms with Gasteiger partial charge < -0.3 is 10.5 Å². The molecule has 3 nitrogen and oxygen atoms in total. The minimum absolute atomic E-state index is 0.0880. The highest BCUT2D eigenvalue weighted by molar-refractivity contribution is 5.85. The van der Waals surface area contributed by atoms with Gasteiger partial charge in [-0.05, 0) is 6.42 Å².